The zero-order valence-electron chi connectivity index (χ0n) is 25.3. The van der Waals surface area contributed by atoms with Crippen LogP contribution in [0.1, 0.15) is 71.1 Å². The number of halogens is 3. The van der Waals surface area contributed by atoms with Crippen molar-refractivity contribution in [3.05, 3.63) is 64.3 Å². The van der Waals surface area contributed by atoms with Gasteiger partial charge in [-0.15, -0.1) is 0 Å². The van der Waals surface area contributed by atoms with E-state index in [1.165, 1.54) is 12.0 Å². The van der Waals surface area contributed by atoms with E-state index in [0.717, 1.165) is 29.5 Å². The number of methoxy groups -OCH3 is 1. The molecule has 3 aromatic rings. The molecule has 1 unspecified atom stereocenters. The second-order valence-electron chi connectivity index (χ2n) is 11.6. The highest BCUT2D eigenvalue weighted by molar-refractivity contribution is 7.57. The van der Waals surface area contributed by atoms with E-state index >= 15 is 0 Å². The average molecular weight is 648 g/mol. The number of nitrogens with one attached hydrogen (secondary N) is 2. The van der Waals surface area contributed by atoms with Crippen LogP contribution < -0.4 is 15.4 Å². The van der Waals surface area contributed by atoms with Crippen molar-refractivity contribution in [3.8, 4) is 5.75 Å². The van der Waals surface area contributed by atoms with Crippen LogP contribution >= 0.6 is 7.37 Å². The van der Waals surface area contributed by atoms with Gasteiger partial charge in [-0.25, -0.2) is 4.98 Å². The predicted octanol–water partition coefficient (Wildman–Crippen LogP) is 6.43. The Morgan fingerprint density at radius 1 is 1.11 bits per heavy atom. The van der Waals surface area contributed by atoms with Crippen LogP contribution in [0.15, 0.2) is 36.5 Å². The number of aryl methyl sites for hydroxylation is 1. The smallest absolute Gasteiger partial charge is 0.421 e. The first-order valence-corrected chi connectivity index (χ1v) is 16.9. The molecule has 10 nitrogen and oxygen atoms in total. The number of benzene rings is 2. The number of carbonyl (C=O) groups is 1. The molecule has 0 bridgehead atoms. The fraction of sp³-hybridized carbons (Fsp3) is 0.452. The summed E-state index contributed by atoms with van der Waals surface area (Å²) >= 11 is 0. The fourth-order valence-corrected chi connectivity index (χ4v) is 6.82. The molecular weight excluding hydrogens is 610 g/mol. The first kappa shape index (κ1) is 32.7. The minimum atomic E-state index is -4.78. The quantitative estimate of drug-likeness (QED) is 0.184. The van der Waals surface area contributed by atoms with Gasteiger partial charge in [0, 0.05) is 32.1 Å². The SMILES string of the molecule is CCP(=O)(O)CCc1ccc(Nc2ncc(C(F)(F)F)c(Nc3ccc([C@H]4CC[C@H](O)CC4)c4c3C(=O)N(C)C4)n2)c(OC)c1. The summed E-state index contributed by atoms with van der Waals surface area (Å²) in [6.07, 6.45) is -0.953. The number of rotatable bonds is 10. The summed E-state index contributed by atoms with van der Waals surface area (Å²) in [4.78, 5) is 32.7. The minimum absolute atomic E-state index is 0.114. The van der Waals surface area contributed by atoms with Crippen LogP contribution in [0.25, 0.3) is 0 Å². The second-order valence-corrected chi connectivity index (χ2v) is 14.4. The fourth-order valence-electron chi connectivity index (χ4n) is 5.90. The van der Waals surface area contributed by atoms with Crippen molar-refractivity contribution in [2.75, 3.05) is 37.1 Å². The Morgan fingerprint density at radius 3 is 2.49 bits per heavy atom. The number of hydrogen-bond donors (Lipinski definition) is 4. The lowest BCUT2D eigenvalue weighted by molar-refractivity contribution is -0.137. The standard InChI is InChI=1S/C31H37F3N5O5P/c1-4-45(42,43)14-13-18-5-11-24(26(15-18)44-3)37-30-35-16-23(31(32,33)34)28(38-30)36-25-12-10-21(19-6-8-20(40)9-7-19)22-17-39(2)29(41)27(22)25/h5,10-12,15-16,19-20,40H,4,6-9,13-14,17H2,1-3H3,(H,42,43)(H2,35,36,37,38)/t19-,20-. The van der Waals surface area contributed by atoms with E-state index in [1.54, 1.807) is 38.2 Å². The molecule has 242 valence electrons. The van der Waals surface area contributed by atoms with Crippen molar-refractivity contribution >= 4 is 36.4 Å². The van der Waals surface area contributed by atoms with E-state index in [2.05, 4.69) is 20.6 Å². The van der Waals surface area contributed by atoms with E-state index in [1.807, 2.05) is 6.07 Å². The number of nitrogens with zero attached hydrogens (tertiary/aromatic N) is 3. The Labute approximate surface area is 259 Å². The maximum Gasteiger partial charge on any atom is 0.421 e. The van der Waals surface area contributed by atoms with Gasteiger partial charge in [0.15, 0.2) is 0 Å². The van der Waals surface area contributed by atoms with Gasteiger partial charge in [0.25, 0.3) is 5.91 Å². The highest BCUT2D eigenvalue weighted by Crippen LogP contribution is 2.43. The number of aliphatic hydroxyl groups excluding tert-OH is 1. The van der Waals surface area contributed by atoms with Crippen LogP contribution in [0.2, 0.25) is 0 Å². The van der Waals surface area contributed by atoms with Crippen molar-refractivity contribution in [2.24, 2.45) is 0 Å². The zero-order chi connectivity index (χ0) is 32.5. The number of aliphatic hydroxyl groups is 1. The lowest BCUT2D eigenvalue weighted by Gasteiger charge is -2.27. The highest BCUT2D eigenvalue weighted by Gasteiger charge is 2.37. The van der Waals surface area contributed by atoms with Crippen LogP contribution in [-0.2, 0) is 23.7 Å². The molecule has 45 heavy (non-hydrogen) atoms. The molecule has 1 aliphatic heterocycles. The summed E-state index contributed by atoms with van der Waals surface area (Å²) in [5.41, 5.74) is 2.32. The average Bonchev–Trinajstić information content (AvgIpc) is 3.30. The first-order valence-electron chi connectivity index (χ1n) is 14.8. The Morgan fingerprint density at radius 2 is 1.82 bits per heavy atom. The number of amides is 1. The number of alkyl halides is 3. The van der Waals surface area contributed by atoms with Gasteiger partial charge >= 0.3 is 6.18 Å². The summed E-state index contributed by atoms with van der Waals surface area (Å²) in [5, 5.41) is 15.7. The topological polar surface area (TPSA) is 137 Å². The predicted molar refractivity (Wildman–Crippen MR) is 165 cm³/mol. The summed E-state index contributed by atoms with van der Waals surface area (Å²) in [5.74, 6) is -0.455. The van der Waals surface area contributed by atoms with Crippen LogP contribution in [0.4, 0.5) is 36.3 Å². The van der Waals surface area contributed by atoms with Crippen LogP contribution in [-0.4, -0.2) is 63.4 Å². The molecule has 1 aliphatic carbocycles. The van der Waals surface area contributed by atoms with Gasteiger partial charge in [-0.3, -0.25) is 9.36 Å². The van der Waals surface area contributed by atoms with Crippen molar-refractivity contribution in [1.29, 1.82) is 0 Å². The molecule has 1 aromatic heterocycles. The van der Waals surface area contributed by atoms with Crippen molar-refractivity contribution < 1.29 is 37.3 Å². The van der Waals surface area contributed by atoms with Gasteiger partial charge in [0.2, 0.25) is 13.3 Å². The second kappa shape index (κ2) is 13.0. The Hall–Kier alpha value is -3.67. The van der Waals surface area contributed by atoms with Gasteiger partial charge in [0.05, 0.1) is 30.2 Å². The van der Waals surface area contributed by atoms with Gasteiger partial charge in [0.1, 0.15) is 17.1 Å². The third kappa shape index (κ3) is 7.26. The van der Waals surface area contributed by atoms with Crippen molar-refractivity contribution in [1.82, 2.24) is 14.9 Å². The Balaban J connectivity index is 1.46. The lowest BCUT2D eigenvalue weighted by Crippen LogP contribution is -2.18. The van der Waals surface area contributed by atoms with Gasteiger partial charge < -0.3 is 30.3 Å². The number of anilines is 4. The first-order chi connectivity index (χ1) is 21.3. The number of ether oxygens (including phenoxy) is 1. The third-order valence-corrected chi connectivity index (χ3v) is 10.5. The maximum absolute atomic E-state index is 14.1. The van der Waals surface area contributed by atoms with Crippen LogP contribution in [0, 0.1) is 0 Å². The monoisotopic (exact) mass is 647 g/mol. The molecular formula is C31H37F3N5O5P. The molecule has 0 radical (unpaired) electrons. The minimum Gasteiger partial charge on any atom is -0.495 e. The summed E-state index contributed by atoms with van der Waals surface area (Å²) in [7, 11) is -0.131. The normalized spacial score (nSPS) is 19.6. The van der Waals surface area contributed by atoms with Gasteiger partial charge in [-0.1, -0.05) is 19.1 Å². The molecule has 1 fully saturated rings. The molecule has 2 heterocycles. The largest absolute Gasteiger partial charge is 0.495 e. The van der Waals surface area contributed by atoms with Crippen LogP contribution in [0.3, 0.4) is 0 Å². The molecule has 2 aromatic carbocycles. The maximum atomic E-state index is 14.1. The molecule has 2 aliphatic rings. The highest BCUT2D eigenvalue weighted by atomic mass is 31.2. The molecule has 1 saturated carbocycles. The lowest BCUT2D eigenvalue weighted by atomic mass is 9.80. The zero-order valence-corrected chi connectivity index (χ0v) is 26.2. The molecule has 5 rings (SSSR count). The number of hydrogen-bond acceptors (Lipinski definition) is 8. The van der Waals surface area contributed by atoms with E-state index in [4.69, 9.17) is 4.74 Å². The molecule has 1 atom stereocenters. The van der Waals surface area contributed by atoms with Gasteiger partial charge in [-0.05, 0) is 72.9 Å². The summed E-state index contributed by atoms with van der Waals surface area (Å²) in [6.45, 7) is 2.00. The Bertz CT molecular complexity index is 1630. The van der Waals surface area contributed by atoms with Crippen molar-refractivity contribution in [3.63, 3.8) is 0 Å². The van der Waals surface area contributed by atoms with Crippen molar-refractivity contribution in [2.45, 2.75) is 63.8 Å². The summed E-state index contributed by atoms with van der Waals surface area (Å²) < 4.78 is 59.9. The molecule has 14 heteroatoms. The van der Waals surface area contributed by atoms with E-state index < -0.39 is 24.9 Å². The molecule has 0 spiro atoms. The molecule has 0 saturated heterocycles. The third-order valence-electron chi connectivity index (χ3n) is 8.55. The number of fused-ring (bicyclic) bond motifs is 1. The van der Waals surface area contributed by atoms with Gasteiger partial charge in [-0.2, -0.15) is 18.2 Å². The Kier molecular flexibility index (Phi) is 9.44. The van der Waals surface area contributed by atoms with E-state index in [9.17, 15) is 32.5 Å². The van der Waals surface area contributed by atoms with E-state index in [-0.39, 0.29) is 41.9 Å². The summed E-state index contributed by atoms with van der Waals surface area (Å²) in [6, 6.07) is 8.52. The molecule has 1 amide bonds. The molecule has 4 N–H and O–H groups in total. The number of carbonyl (C=O) groups excluding carboxylic acids is 1. The van der Waals surface area contributed by atoms with E-state index in [0.29, 0.717) is 49.0 Å². The van der Waals surface area contributed by atoms with Crippen LogP contribution in [0.5, 0.6) is 5.75 Å². The number of aromatic nitrogens is 2.